The number of aliphatic hydroxyl groups excluding tert-OH is 1. The first-order chi connectivity index (χ1) is 8.10. The first-order valence-corrected chi connectivity index (χ1v) is 6.57. The predicted octanol–water partition coefficient (Wildman–Crippen LogP) is 2.43. The first kappa shape index (κ1) is 11.2. The summed E-state index contributed by atoms with van der Waals surface area (Å²) < 4.78 is 0. The Morgan fingerprint density at radius 2 is 2.12 bits per heavy atom. The molecule has 2 heteroatoms. The Morgan fingerprint density at radius 3 is 2.76 bits per heavy atom. The number of rotatable bonds is 2. The minimum Gasteiger partial charge on any atom is -0.392 e. The molecule has 0 bridgehead atoms. The largest absolute Gasteiger partial charge is 0.392 e. The zero-order valence-corrected chi connectivity index (χ0v) is 10.7. The van der Waals surface area contributed by atoms with E-state index in [1.807, 2.05) is 0 Å². The van der Waals surface area contributed by atoms with Gasteiger partial charge in [0.15, 0.2) is 0 Å². The molecule has 1 aromatic carbocycles. The summed E-state index contributed by atoms with van der Waals surface area (Å²) in [5, 5.41) is 9.25. The molecular formula is C15H21NO. The van der Waals surface area contributed by atoms with E-state index in [2.05, 4.69) is 36.9 Å². The van der Waals surface area contributed by atoms with Crippen molar-refractivity contribution >= 4 is 0 Å². The lowest BCUT2D eigenvalue weighted by Crippen LogP contribution is -2.43. The third-order valence-corrected chi connectivity index (χ3v) is 4.12. The fourth-order valence-electron chi connectivity index (χ4n) is 3.06. The van der Waals surface area contributed by atoms with E-state index in [-0.39, 0.29) is 12.0 Å². The second-order valence-electron chi connectivity index (χ2n) is 6.17. The topological polar surface area (TPSA) is 23.5 Å². The molecule has 0 aromatic heterocycles. The molecule has 1 aromatic rings. The Morgan fingerprint density at radius 1 is 1.35 bits per heavy atom. The van der Waals surface area contributed by atoms with Crippen LogP contribution < -0.4 is 0 Å². The van der Waals surface area contributed by atoms with Gasteiger partial charge in [-0.3, -0.25) is 4.90 Å². The van der Waals surface area contributed by atoms with Gasteiger partial charge in [0.2, 0.25) is 0 Å². The van der Waals surface area contributed by atoms with E-state index < -0.39 is 0 Å². The van der Waals surface area contributed by atoms with Gasteiger partial charge >= 0.3 is 0 Å². The molecule has 1 aliphatic heterocycles. The first-order valence-electron chi connectivity index (χ1n) is 6.57. The molecule has 3 rings (SSSR count). The highest BCUT2D eigenvalue weighted by Crippen LogP contribution is 2.39. The van der Waals surface area contributed by atoms with E-state index in [1.54, 1.807) is 0 Å². The number of nitrogens with zero attached hydrogens (tertiary/aromatic N) is 1. The average molecular weight is 231 g/mol. The van der Waals surface area contributed by atoms with E-state index in [9.17, 15) is 5.11 Å². The number of fused-ring (bicyclic) bond motifs is 1. The highest BCUT2D eigenvalue weighted by atomic mass is 16.3. The molecule has 1 saturated carbocycles. The summed E-state index contributed by atoms with van der Waals surface area (Å²) in [7, 11) is 0. The quantitative estimate of drug-likeness (QED) is 0.845. The van der Waals surface area contributed by atoms with Gasteiger partial charge in [0.1, 0.15) is 0 Å². The van der Waals surface area contributed by atoms with Crippen molar-refractivity contribution in [1.82, 2.24) is 4.90 Å². The van der Waals surface area contributed by atoms with E-state index >= 15 is 0 Å². The zero-order chi connectivity index (χ0) is 12.0. The van der Waals surface area contributed by atoms with E-state index in [1.165, 1.54) is 24.0 Å². The number of benzene rings is 1. The zero-order valence-electron chi connectivity index (χ0n) is 10.7. The smallest absolute Gasteiger partial charge is 0.0681 e. The van der Waals surface area contributed by atoms with Gasteiger partial charge in [-0.05, 0) is 29.5 Å². The molecule has 0 radical (unpaired) electrons. The van der Waals surface area contributed by atoms with Crippen LogP contribution in [0.15, 0.2) is 18.2 Å². The second kappa shape index (κ2) is 3.82. The van der Waals surface area contributed by atoms with Crippen molar-refractivity contribution in [3.05, 3.63) is 34.9 Å². The summed E-state index contributed by atoms with van der Waals surface area (Å²) in [6, 6.07) is 7.29. The Bertz CT molecular complexity index is 435. The molecule has 1 heterocycles. The van der Waals surface area contributed by atoms with Gasteiger partial charge in [0, 0.05) is 24.5 Å². The van der Waals surface area contributed by atoms with Crippen LogP contribution in [0.5, 0.6) is 0 Å². The third kappa shape index (κ3) is 2.00. The lowest BCUT2D eigenvalue weighted by atomic mass is 9.77. The minimum absolute atomic E-state index is 0.149. The predicted molar refractivity (Wildman–Crippen MR) is 68.8 cm³/mol. The molecule has 2 aliphatic rings. The van der Waals surface area contributed by atoms with Gasteiger partial charge in [-0.1, -0.05) is 32.0 Å². The maximum absolute atomic E-state index is 9.25. The number of hydrogen-bond donors (Lipinski definition) is 1. The van der Waals surface area contributed by atoms with Crippen LogP contribution in [-0.4, -0.2) is 22.6 Å². The third-order valence-electron chi connectivity index (χ3n) is 4.12. The summed E-state index contributed by atoms with van der Waals surface area (Å²) in [6.45, 7) is 7.04. The Labute approximate surface area is 103 Å². The Balaban J connectivity index is 1.98. The molecular weight excluding hydrogens is 210 g/mol. The van der Waals surface area contributed by atoms with Crippen molar-refractivity contribution in [3.63, 3.8) is 0 Å². The lowest BCUT2D eigenvalue weighted by molar-refractivity contribution is 0.184. The van der Waals surface area contributed by atoms with Gasteiger partial charge in [0.25, 0.3) is 0 Å². The molecule has 0 saturated heterocycles. The molecule has 0 spiro atoms. The Kier molecular flexibility index (Phi) is 2.53. The fraction of sp³-hybridized carbons (Fsp3) is 0.600. The van der Waals surface area contributed by atoms with E-state index in [0.29, 0.717) is 0 Å². The average Bonchev–Trinajstić information content (AvgIpc) is 3.11. The minimum atomic E-state index is 0.149. The van der Waals surface area contributed by atoms with Crippen LogP contribution in [0.4, 0.5) is 0 Å². The molecule has 1 fully saturated rings. The Hall–Kier alpha value is -0.860. The van der Waals surface area contributed by atoms with Crippen molar-refractivity contribution in [3.8, 4) is 0 Å². The summed E-state index contributed by atoms with van der Waals surface area (Å²) >= 11 is 0. The van der Waals surface area contributed by atoms with Crippen LogP contribution >= 0.6 is 0 Å². The summed E-state index contributed by atoms with van der Waals surface area (Å²) in [5.74, 6) is 0. The fourth-order valence-corrected chi connectivity index (χ4v) is 3.06. The van der Waals surface area contributed by atoms with E-state index in [4.69, 9.17) is 0 Å². The van der Waals surface area contributed by atoms with Gasteiger partial charge in [0.05, 0.1) is 6.61 Å². The maximum atomic E-state index is 9.25. The summed E-state index contributed by atoms with van der Waals surface area (Å²) in [4.78, 5) is 2.63. The summed E-state index contributed by atoms with van der Waals surface area (Å²) in [6.07, 6.45) is 2.75. The molecule has 0 unspecified atom stereocenters. The van der Waals surface area contributed by atoms with Gasteiger partial charge < -0.3 is 5.11 Å². The van der Waals surface area contributed by atoms with Crippen LogP contribution in [0.25, 0.3) is 0 Å². The van der Waals surface area contributed by atoms with Gasteiger partial charge in [-0.15, -0.1) is 0 Å². The SMILES string of the molecule is CC1(C)CN(C2CC2)Cc2ccc(CO)cc21. The van der Waals surface area contributed by atoms with Crippen molar-refractivity contribution in [2.75, 3.05) is 6.54 Å². The van der Waals surface area contributed by atoms with Crippen LogP contribution in [-0.2, 0) is 18.6 Å². The highest BCUT2D eigenvalue weighted by Gasteiger charge is 2.38. The van der Waals surface area contributed by atoms with Gasteiger partial charge in [-0.25, -0.2) is 0 Å². The number of hydrogen-bond acceptors (Lipinski definition) is 2. The van der Waals surface area contributed by atoms with Crippen molar-refractivity contribution in [2.45, 2.75) is 51.3 Å². The standard InChI is InChI=1S/C15H21NO/c1-15(2)10-16(13-5-6-13)8-12-4-3-11(9-17)7-14(12)15/h3-4,7,13,17H,5-6,8-10H2,1-2H3. The highest BCUT2D eigenvalue weighted by molar-refractivity contribution is 5.39. The van der Waals surface area contributed by atoms with Crippen LogP contribution in [0.3, 0.4) is 0 Å². The molecule has 92 valence electrons. The normalized spacial score (nSPS) is 23.5. The van der Waals surface area contributed by atoms with Crippen molar-refractivity contribution in [1.29, 1.82) is 0 Å². The lowest BCUT2D eigenvalue weighted by Gasteiger charge is -2.40. The van der Waals surface area contributed by atoms with E-state index in [0.717, 1.165) is 24.7 Å². The van der Waals surface area contributed by atoms with Gasteiger partial charge in [-0.2, -0.15) is 0 Å². The van der Waals surface area contributed by atoms with Crippen LogP contribution in [0.1, 0.15) is 43.4 Å². The maximum Gasteiger partial charge on any atom is 0.0681 e. The van der Waals surface area contributed by atoms with Crippen molar-refractivity contribution in [2.24, 2.45) is 0 Å². The van der Waals surface area contributed by atoms with Crippen LogP contribution in [0, 0.1) is 0 Å². The monoisotopic (exact) mass is 231 g/mol. The molecule has 17 heavy (non-hydrogen) atoms. The van der Waals surface area contributed by atoms with Crippen molar-refractivity contribution < 1.29 is 5.11 Å². The van der Waals surface area contributed by atoms with Crippen LogP contribution in [0.2, 0.25) is 0 Å². The summed E-state index contributed by atoms with van der Waals surface area (Å²) in [5.41, 5.74) is 4.13. The number of aliphatic hydroxyl groups is 1. The molecule has 1 aliphatic carbocycles. The molecule has 1 N–H and O–H groups in total. The molecule has 2 nitrogen and oxygen atoms in total. The second-order valence-corrected chi connectivity index (χ2v) is 6.17. The molecule has 0 amide bonds. The molecule has 0 atom stereocenters.